The van der Waals surface area contributed by atoms with Crippen LogP contribution in [0.4, 0.5) is 5.69 Å². The van der Waals surface area contributed by atoms with Gasteiger partial charge in [0, 0.05) is 28.8 Å². The van der Waals surface area contributed by atoms with Crippen molar-refractivity contribution in [2.45, 2.75) is 30.6 Å². The number of benzene rings is 1. The number of rotatable bonds is 4. The maximum atomic E-state index is 11.5. The maximum Gasteiger partial charge on any atom is 0.336 e. The van der Waals surface area contributed by atoms with Crippen molar-refractivity contribution >= 4 is 22.9 Å². The molecule has 5 atom stereocenters. The molecule has 134 valence electrons. The minimum atomic E-state index is -1.49. The summed E-state index contributed by atoms with van der Waals surface area (Å²) in [4.78, 5) is 22.5. The normalized spacial score (nSPS) is 29.5. The largest absolute Gasteiger partial charge is 0.423 e. The Morgan fingerprint density at radius 2 is 1.92 bits per heavy atom. The Morgan fingerprint density at radius 3 is 2.60 bits per heavy atom. The number of nitrogens with one attached hydrogen (secondary N) is 1. The van der Waals surface area contributed by atoms with E-state index in [4.69, 9.17) is 14.3 Å². The van der Waals surface area contributed by atoms with E-state index in [1.807, 2.05) is 0 Å². The second kappa shape index (κ2) is 6.90. The van der Waals surface area contributed by atoms with E-state index in [9.17, 15) is 24.9 Å². The summed E-state index contributed by atoms with van der Waals surface area (Å²) >= 11 is 0. The average Bonchev–Trinajstić information content (AvgIpc) is 2.60. The van der Waals surface area contributed by atoms with Gasteiger partial charge < -0.3 is 34.9 Å². The Hall–Kier alpha value is -2.30. The molecule has 0 bridgehead atoms. The lowest BCUT2D eigenvalue weighted by Gasteiger charge is -2.40. The number of hydrogen-bond acceptors (Lipinski definition) is 9. The molecule has 1 saturated heterocycles. The van der Waals surface area contributed by atoms with Crippen LogP contribution in [0, 0.1) is 0 Å². The van der Waals surface area contributed by atoms with Gasteiger partial charge in [-0.25, -0.2) is 4.79 Å². The van der Waals surface area contributed by atoms with Crippen LogP contribution < -0.4 is 10.9 Å². The van der Waals surface area contributed by atoms with Crippen LogP contribution in [-0.4, -0.2) is 64.0 Å². The third-order valence-corrected chi connectivity index (χ3v) is 4.14. The summed E-state index contributed by atoms with van der Waals surface area (Å²) in [6.45, 7) is -0.558. The number of aliphatic hydroxyl groups is 4. The molecule has 0 aliphatic carbocycles. The molecule has 9 nitrogen and oxygen atoms in total. The summed E-state index contributed by atoms with van der Waals surface area (Å²) < 4.78 is 10.1. The Bertz CT molecular complexity index is 834. The fraction of sp³-hybridized carbons (Fsp3) is 0.375. The van der Waals surface area contributed by atoms with Crippen molar-refractivity contribution in [3.8, 4) is 0 Å². The molecule has 0 saturated carbocycles. The van der Waals surface area contributed by atoms with Gasteiger partial charge in [0.05, 0.1) is 6.61 Å². The van der Waals surface area contributed by atoms with Gasteiger partial charge in [0.25, 0.3) is 0 Å². The lowest BCUT2D eigenvalue weighted by Crippen LogP contribution is -2.61. The van der Waals surface area contributed by atoms with E-state index < -0.39 is 42.9 Å². The number of hydrogen-bond donors (Lipinski definition) is 5. The average molecular weight is 351 g/mol. The summed E-state index contributed by atoms with van der Waals surface area (Å²) in [5.74, 6) is 0. The van der Waals surface area contributed by atoms with Gasteiger partial charge in [-0.2, -0.15) is 0 Å². The number of carbonyl (C=O) groups is 1. The highest BCUT2D eigenvalue weighted by Gasteiger charge is 2.43. The van der Waals surface area contributed by atoms with Crippen LogP contribution >= 0.6 is 0 Å². The zero-order valence-corrected chi connectivity index (χ0v) is 12.9. The van der Waals surface area contributed by atoms with Gasteiger partial charge >= 0.3 is 5.63 Å². The molecule has 1 aromatic carbocycles. The van der Waals surface area contributed by atoms with Crippen molar-refractivity contribution in [3.63, 3.8) is 0 Å². The molecule has 0 amide bonds. The standard InChI is InChI=1S/C16H17NO8/c18-5-7-3-12(20)24-10-4-8(1-2-9(7)10)17-13-15(22)14(21)11(6-19)25-16(13)23/h1-5,11,13-17,19,21-23H,6H2/t11?,13?,14-,15-,16?/m0/s1. The first kappa shape index (κ1) is 17.5. The molecule has 3 rings (SSSR count). The van der Waals surface area contributed by atoms with E-state index in [0.29, 0.717) is 17.4 Å². The van der Waals surface area contributed by atoms with Crippen LogP contribution in [0.3, 0.4) is 0 Å². The van der Waals surface area contributed by atoms with Crippen molar-refractivity contribution in [1.29, 1.82) is 0 Å². The second-order valence-corrected chi connectivity index (χ2v) is 5.75. The number of aldehydes is 1. The summed E-state index contributed by atoms with van der Waals surface area (Å²) in [6.07, 6.45) is -4.86. The summed E-state index contributed by atoms with van der Waals surface area (Å²) in [7, 11) is 0. The molecule has 0 radical (unpaired) electrons. The first-order valence-corrected chi connectivity index (χ1v) is 7.54. The number of anilines is 1. The Labute approximate surface area is 141 Å². The van der Waals surface area contributed by atoms with Crippen molar-refractivity contribution in [2.75, 3.05) is 11.9 Å². The molecule has 2 aromatic rings. The highest BCUT2D eigenvalue weighted by molar-refractivity contribution is 5.96. The van der Waals surface area contributed by atoms with E-state index in [2.05, 4.69) is 5.32 Å². The van der Waals surface area contributed by atoms with E-state index in [0.717, 1.165) is 6.07 Å². The molecule has 1 aliphatic heterocycles. The van der Waals surface area contributed by atoms with Gasteiger partial charge in [-0.05, 0) is 12.1 Å². The number of fused-ring (bicyclic) bond motifs is 1. The zero-order chi connectivity index (χ0) is 18.1. The fourth-order valence-electron chi connectivity index (χ4n) is 2.82. The van der Waals surface area contributed by atoms with Crippen LogP contribution in [0.15, 0.2) is 33.5 Å². The topological polar surface area (TPSA) is 149 Å². The minimum absolute atomic E-state index is 0.147. The van der Waals surface area contributed by atoms with Crippen LogP contribution in [0.25, 0.3) is 11.0 Å². The van der Waals surface area contributed by atoms with E-state index in [1.165, 1.54) is 6.07 Å². The fourth-order valence-corrected chi connectivity index (χ4v) is 2.82. The van der Waals surface area contributed by atoms with Gasteiger partial charge in [0.15, 0.2) is 12.6 Å². The van der Waals surface area contributed by atoms with Gasteiger partial charge in [-0.3, -0.25) is 4.79 Å². The van der Waals surface area contributed by atoms with Crippen LogP contribution in [0.1, 0.15) is 10.4 Å². The SMILES string of the molecule is O=Cc1cc(=O)oc2cc(NC3C(O)OC(CO)[C@H](O)[C@H]3O)ccc12. The van der Waals surface area contributed by atoms with Crippen LogP contribution in [0.2, 0.25) is 0 Å². The monoisotopic (exact) mass is 351 g/mol. The molecule has 0 spiro atoms. The lowest BCUT2D eigenvalue weighted by atomic mass is 9.96. The third kappa shape index (κ3) is 3.28. The number of ether oxygens (including phenoxy) is 1. The number of aliphatic hydroxyl groups excluding tert-OH is 4. The molecule has 1 aliphatic rings. The van der Waals surface area contributed by atoms with Gasteiger partial charge in [-0.1, -0.05) is 0 Å². The maximum absolute atomic E-state index is 11.5. The molecule has 25 heavy (non-hydrogen) atoms. The van der Waals surface area contributed by atoms with Gasteiger partial charge in [0.2, 0.25) is 0 Å². The highest BCUT2D eigenvalue weighted by atomic mass is 16.6. The molecular formula is C16H17NO8. The van der Waals surface area contributed by atoms with Crippen LogP contribution in [-0.2, 0) is 4.74 Å². The summed E-state index contributed by atoms with van der Waals surface area (Å²) in [5, 5.41) is 42.3. The third-order valence-electron chi connectivity index (χ3n) is 4.14. The zero-order valence-electron chi connectivity index (χ0n) is 12.9. The summed E-state index contributed by atoms with van der Waals surface area (Å²) in [5.41, 5.74) is 0.00301. The molecule has 1 aromatic heterocycles. The van der Waals surface area contributed by atoms with E-state index in [-0.39, 0.29) is 11.1 Å². The molecule has 9 heteroatoms. The molecule has 5 N–H and O–H groups in total. The first-order valence-electron chi connectivity index (χ1n) is 7.54. The van der Waals surface area contributed by atoms with Crippen molar-refractivity contribution in [3.05, 3.63) is 40.2 Å². The predicted molar refractivity (Wildman–Crippen MR) is 85.3 cm³/mol. The number of carbonyl (C=O) groups excluding carboxylic acids is 1. The van der Waals surface area contributed by atoms with Crippen molar-refractivity contribution in [2.24, 2.45) is 0 Å². The molecule has 3 unspecified atom stereocenters. The highest BCUT2D eigenvalue weighted by Crippen LogP contribution is 2.25. The lowest BCUT2D eigenvalue weighted by molar-refractivity contribution is -0.245. The minimum Gasteiger partial charge on any atom is -0.423 e. The van der Waals surface area contributed by atoms with Crippen molar-refractivity contribution in [1.82, 2.24) is 0 Å². The second-order valence-electron chi connectivity index (χ2n) is 5.75. The molecule has 1 fully saturated rings. The smallest absolute Gasteiger partial charge is 0.336 e. The quantitative estimate of drug-likeness (QED) is 0.339. The van der Waals surface area contributed by atoms with E-state index in [1.54, 1.807) is 12.1 Å². The Kier molecular flexibility index (Phi) is 4.84. The van der Waals surface area contributed by atoms with E-state index >= 15 is 0 Å². The Balaban J connectivity index is 1.90. The van der Waals surface area contributed by atoms with Crippen LogP contribution in [0.5, 0.6) is 0 Å². The Morgan fingerprint density at radius 1 is 1.16 bits per heavy atom. The first-order chi connectivity index (χ1) is 11.9. The molecule has 2 heterocycles. The van der Waals surface area contributed by atoms with Crippen molar-refractivity contribution < 1.29 is 34.4 Å². The van der Waals surface area contributed by atoms with Gasteiger partial charge in [0.1, 0.15) is 29.9 Å². The van der Waals surface area contributed by atoms with Gasteiger partial charge in [-0.15, -0.1) is 0 Å². The molecular weight excluding hydrogens is 334 g/mol. The summed E-state index contributed by atoms with van der Waals surface area (Å²) in [6, 6.07) is 4.51. The predicted octanol–water partition coefficient (Wildman–Crippen LogP) is -1.18.